The van der Waals surface area contributed by atoms with Gasteiger partial charge in [-0.3, -0.25) is 4.79 Å². The molecule has 0 saturated heterocycles. The standard InChI is InChI=1S/C23H24F2N4O/c1-28(2)21(15-5-3-6-17(25)13-15)14-26-23(30)22-19-7-4-8-20(19)29(27-22)18-11-9-16(24)10-12-18/h3,5-6,9-13,21H,4,7-8,14H2,1-2H3,(H,26,30)/t21-/m0/s1. The number of rotatable bonds is 6. The summed E-state index contributed by atoms with van der Waals surface area (Å²) in [6, 6.07) is 12.3. The van der Waals surface area contributed by atoms with E-state index < -0.39 is 0 Å². The lowest BCUT2D eigenvalue weighted by molar-refractivity contribution is 0.0935. The number of nitrogens with one attached hydrogen (secondary N) is 1. The van der Waals surface area contributed by atoms with Crippen molar-refractivity contribution in [2.45, 2.75) is 25.3 Å². The first-order valence-electron chi connectivity index (χ1n) is 10.0. The van der Waals surface area contributed by atoms with Gasteiger partial charge in [-0.15, -0.1) is 0 Å². The van der Waals surface area contributed by atoms with Crippen LogP contribution in [0.15, 0.2) is 48.5 Å². The van der Waals surface area contributed by atoms with Crippen molar-refractivity contribution in [1.82, 2.24) is 20.0 Å². The highest BCUT2D eigenvalue weighted by atomic mass is 19.1. The van der Waals surface area contributed by atoms with Gasteiger partial charge < -0.3 is 10.2 Å². The summed E-state index contributed by atoms with van der Waals surface area (Å²) in [7, 11) is 3.78. The van der Waals surface area contributed by atoms with Crippen LogP contribution in [-0.4, -0.2) is 41.2 Å². The summed E-state index contributed by atoms with van der Waals surface area (Å²) in [6.45, 7) is 0.327. The van der Waals surface area contributed by atoms with E-state index in [0.29, 0.717) is 12.2 Å². The van der Waals surface area contributed by atoms with Gasteiger partial charge in [0.2, 0.25) is 0 Å². The molecule has 5 nitrogen and oxygen atoms in total. The zero-order valence-corrected chi connectivity index (χ0v) is 17.0. The van der Waals surface area contributed by atoms with Crippen LogP contribution < -0.4 is 5.32 Å². The molecule has 0 aliphatic heterocycles. The number of aromatic nitrogens is 2. The number of hydrogen-bond acceptors (Lipinski definition) is 3. The van der Waals surface area contributed by atoms with Crippen molar-refractivity contribution in [2.24, 2.45) is 0 Å². The second kappa shape index (κ2) is 8.36. The lowest BCUT2D eigenvalue weighted by Gasteiger charge is -2.25. The fraction of sp³-hybridized carbons (Fsp3) is 0.304. The Bertz CT molecular complexity index is 1060. The molecule has 1 heterocycles. The maximum atomic E-state index is 13.7. The first-order chi connectivity index (χ1) is 14.4. The molecule has 1 N–H and O–H groups in total. The van der Waals surface area contributed by atoms with E-state index in [-0.39, 0.29) is 23.6 Å². The monoisotopic (exact) mass is 410 g/mol. The van der Waals surface area contributed by atoms with E-state index in [1.807, 2.05) is 25.1 Å². The molecule has 1 aliphatic rings. The molecule has 0 unspecified atom stereocenters. The average Bonchev–Trinajstić information content (AvgIpc) is 3.31. The van der Waals surface area contributed by atoms with Gasteiger partial charge in [-0.1, -0.05) is 12.1 Å². The van der Waals surface area contributed by atoms with E-state index in [9.17, 15) is 13.6 Å². The summed E-state index contributed by atoms with van der Waals surface area (Å²) in [6.07, 6.45) is 2.58. The van der Waals surface area contributed by atoms with Gasteiger partial charge in [0.15, 0.2) is 5.69 Å². The summed E-state index contributed by atoms with van der Waals surface area (Å²) < 4.78 is 28.7. The number of hydrogen-bond donors (Lipinski definition) is 1. The van der Waals surface area contributed by atoms with Gasteiger partial charge >= 0.3 is 0 Å². The second-order valence-electron chi connectivity index (χ2n) is 7.76. The van der Waals surface area contributed by atoms with Gasteiger partial charge in [0.25, 0.3) is 5.91 Å². The quantitative estimate of drug-likeness (QED) is 0.675. The maximum absolute atomic E-state index is 13.7. The Morgan fingerprint density at radius 3 is 2.60 bits per heavy atom. The van der Waals surface area contributed by atoms with Gasteiger partial charge in [-0.2, -0.15) is 5.10 Å². The van der Waals surface area contributed by atoms with E-state index >= 15 is 0 Å². The van der Waals surface area contributed by atoms with Crippen LogP contribution in [0.3, 0.4) is 0 Å². The SMILES string of the molecule is CN(C)[C@@H](CNC(=O)c1nn(-c2ccc(F)cc2)c2c1CCC2)c1cccc(F)c1. The molecule has 1 aromatic heterocycles. The Kier molecular flexibility index (Phi) is 5.63. The van der Waals surface area contributed by atoms with Crippen LogP contribution in [0.25, 0.3) is 5.69 Å². The zero-order chi connectivity index (χ0) is 21.3. The van der Waals surface area contributed by atoms with Gasteiger partial charge in [-0.05, 0) is 75.3 Å². The fourth-order valence-electron chi connectivity index (χ4n) is 4.00. The molecule has 0 spiro atoms. The lowest BCUT2D eigenvalue weighted by Crippen LogP contribution is -2.35. The van der Waals surface area contributed by atoms with E-state index in [4.69, 9.17) is 0 Å². The maximum Gasteiger partial charge on any atom is 0.272 e. The zero-order valence-electron chi connectivity index (χ0n) is 17.0. The predicted molar refractivity (Wildman–Crippen MR) is 111 cm³/mol. The summed E-state index contributed by atoms with van der Waals surface area (Å²) in [5.41, 5.74) is 3.88. The Balaban J connectivity index is 1.56. The Hall–Kier alpha value is -3.06. The molecule has 0 radical (unpaired) electrons. The van der Waals surface area contributed by atoms with Gasteiger partial charge in [0, 0.05) is 17.8 Å². The first-order valence-corrected chi connectivity index (χ1v) is 10.0. The van der Waals surface area contributed by atoms with Crippen LogP contribution >= 0.6 is 0 Å². The number of fused-ring (bicyclic) bond motifs is 1. The largest absolute Gasteiger partial charge is 0.349 e. The van der Waals surface area contributed by atoms with E-state index in [0.717, 1.165) is 41.8 Å². The molecule has 0 saturated carbocycles. The van der Waals surface area contributed by atoms with Gasteiger partial charge in [0.1, 0.15) is 11.6 Å². The molecular weight excluding hydrogens is 386 g/mol. The van der Waals surface area contributed by atoms with Gasteiger partial charge in [-0.25, -0.2) is 13.5 Å². The van der Waals surface area contributed by atoms with Crippen molar-refractivity contribution < 1.29 is 13.6 Å². The third-order valence-electron chi connectivity index (χ3n) is 5.53. The van der Waals surface area contributed by atoms with Crippen molar-refractivity contribution in [3.63, 3.8) is 0 Å². The van der Waals surface area contributed by atoms with Crippen molar-refractivity contribution in [1.29, 1.82) is 0 Å². The molecule has 0 bridgehead atoms. The predicted octanol–water partition coefficient (Wildman–Crippen LogP) is 3.67. The Morgan fingerprint density at radius 2 is 1.90 bits per heavy atom. The molecule has 156 valence electrons. The second-order valence-corrected chi connectivity index (χ2v) is 7.76. The van der Waals surface area contributed by atoms with Crippen LogP contribution in [-0.2, 0) is 12.8 Å². The number of benzene rings is 2. The van der Waals surface area contributed by atoms with E-state index in [1.165, 1.54) is 24.3 Å². The summed E-state index contributed by atoms with van der Waals surface area (Å²) >= 11 is 0. The van der Waals surface area contributed by atoms with Crippen LogP contribution in [0.5, 0.6) is 0 Å². The highest BCUT2D eigenvalue weighted by Gasteiger charge is 2.27. The highest BCUT2D eigenvalue weighted by molar-refractivity contribution is 5.94. The normalized spacial score (nSPS) is 14.0. The van der Waals surface area contributed by atoms with Crippen molar-refractivity contribution in [2.75, 3.05) is 20.6 Å². The van der Waals surface area contributed by atoms with E-state index in [1.54, 1.807) is 22.9 Å². The minimum Gasteiger partial charge on any atom is -0.349 e. The number of carbonyl (C=O) groups is 1. The third-order valence-corrected chi connectivity index (χ3v) is 5.53. The number of amides is 1. The number of carbonyl (C=O) groups excluding carboxylic acids is 1. The topological polar surface area (TPSA) is 50.2 Å². The average molecular weight is 410 g/mol. The first kappa shape index (κ1) is 20.2. The smallest absolute Gasteiger partial charge is 0.272 e. The number of halogens is 2. The molecule has 1 aliphatic carbocycles. The molecule has 4 rings (SSSR count). The van der Waals surface area contributed by atoms with Crippen LogP contribution in [0, 0.1) is 11.6 Å². The molecule has 1 amide bonds. The van der Waals surface area contributed by atoms with Crippen LogP contribution in [0.1, 0.15) is 39.8 Å². The molecule has 2 aromatic carbocycles. The summed E-state index contributed by atoms with van der Waals surface area (Å²) in [5, 5.41) is 7.51. The highest BCUT2D eigenvalue weighted by Crippen LogP contribution is 2.28. The molecule has 7 heteroatoms. The summed E-state index contributed by atoms with van der Waals surface area (Å²) in [4.78, 5) is 14.9. The number of likely N-dealkylation sites (N-methyl/N-ethyl adjacent to an activating group) is 1. The molecular formula is C23H24F2N4O. The Labute approximate surface area is 174 Å². The third kappa shape index (κ3) is 3.98. The minimum absolute atomic E-state index is 0.170. The van der Waals surface area contributed by atoms with E-state index in [2.05, 4.69) is 10.4 Å². The van der Waals surface area contributed by atoms with Crippen molar-refractivity contribution in [3.8, 4) is 5.69 Å². The lowest BCUT2D eigenvalue weighted by atomic mass is 10.1. The minimum atomic E-state index is -0.312. The van der Waals surface area contributed by atoms with Gasteiger partial charge in [0.05, 0.1) is 11.7 Å². The van der Waals surface area contributed by atoms with Crippen molar-refractivity contribution in [3.05, 3.63) is 82.7 Å². The van der Waals surface area contributed by atoms with Crippen LogP contribution in [0.4, 0.5) is 8.78 Å². The van der Waals surface area contributed by atoms with Crippen LogP contribution in [0.2, 0.25) is 0 Å². The molecule has 1 atom stereocenters. The fourth-order valence-corrected chi connectivity index (χ4v) is 4.00. The molecule has 30 heavy (non-hydrogen) atoms. The Morgan fingerprint density at radius 1 is 1.13 bits per heavy atom. The molecule has 3 aromatic rings. The molecule has 0 fully saturated rings. The summed E-state index contributed by atoms with van der Waals surface area (Å²) in [5.74, 6) is -0.869. The number of nitrogens with zero attached hydrogens (tertiary/aromatic N) is 3. The van der Waals surface area contributed by atoms with Crippen molar-refractivity contribution >= 4 is 5.91 Å².